The van der Waals surface area contributed by atoms with Crippen molar-refractivity contribution in [2.45, 2.75) is 39.3 Å². The van der Waals surface area contributed by atoms with E-state index < -0.39 is 0 Å². The molecule has 0 N–H and O–H groups in total. The largest absolute Gasteiger partial charge is 0.348 e. The number of aromatic nitrogens is 1. The number of amides is 2. The van der Waals surface area contributed by atoms with Gasteiger partial charge in [-0.05, 0) is 42.5 Å². The number of nitrogens with zero attached hydrogens (tertiary/aromatic N) is 3. The molecule has 1 unspecified atom stereocenters. The number of halogens is 1. The Morgan fingerprint density at radius 1 is 1.14 bits per heavy atom. The Hall–Kier alpha value is -2.27. The Labute approximate surface area is 177 Å². The van der Waals surface area contributed by atoms with Crippen molar-refractivity contribution in [3.8, 4) is 0 Å². The lowest BCUT2D eigenvalue weighted by Gasteiger charge is -2.39. The molecule has 2 aromatic rings. The van der Waals surface area contributed by atoms with Crippen molar-refractivity contribution in [2.24, 2.45) is 11.8 Å². The van der Waals surface area contributed by atoms with Gasteiger partial charge in [0.1, 0.15) is 0 Å². The molecular weight excluding hydrogens is 386 g/mol. The van der Waals surface area contributed by atoms with Crippen LogP contribution in [0, 0.1) is 11.8 Å². The average Bonchev–Trinajstić information content (AvgIpc) is 3.43. The Kier molecular flexibility index (Phi) is 5.68. The van der Waals surface area contributed by atoms with E-state index in [1.807, 2.05) is 41.4 Å². The molecule has 1 aromatic heterocycles. The monoisotopic (exact) mass is 413 g/mol. The fourth-order valence-electron chi connectivity index (χ4n) is 4.19. The molecule has 6 heteroatoms. The lowest BCUT2D eigenvalue weighted by molar-refractivity contribution is -0.143. The van der Waals surface area contributed by atoms with Gasteiger partial charge in [-0.2, -0.15) is 0 Å². The Bertz CT molecular complexity index is 903. The molecule has 2 aliphatic rings. The first kappa shape index (κ1) is 20.0. The van der Waals surface area contributed by atoms with Gasteiger partial charge in [-0.3, -0.25) is 9.59 Å². The zero-order valence-electron chi connectivity index (χ0n) is 17.1. The van der Waals surface area contributed by atoms with Gasteiger partial charge in [0, 0.05) is 42.5 Å². The van der Waals surface area contributed by atoms with Crippen LogP contribution in [0.15, 0.2) is 42.6 Å². The second kappa shape index (κ2) is 8.23. The van der Waals surface area contributed by atoms with Crippen LogP contribution in [0.4, 0.5) is 0 Å². The number of hydrogen-bond acceptors (Lipinski definition) is 2. The topological polar surface area (TPSA) is 45.6 Å². The molecule has 0 radical (unpaired) electrons. The summed E-state index contributed by atoms with van der Waals surface area (Å²) in [6.45, 7) is 6.26. The fourth-order valence-corrected chi connectivity index (χ4v) is 4.43. The zero-order chi connectivity index (χ0) is 20.5. The molecule has 0 spiro atoms. The van der Waals surface area contributed by atoms with E-state index in [-0.39, 0.29) is 30.3 Å². The third-order valence-corrected chi connectivity index (χ3v) is 6.05. The predicted molar refractivity (Wildman–Crippen MR) is 114 cm³/mol. The molecule has 5 nitrogen and oxygen atoms in total. The molecule has 4 rings (SSSR count). The molecule has 2 amide bonds. The molecule has 1 aliphatic carbocycles. The van der Waals surface area contributed by atoms with Gasteiger partial charge in [0.25, 0.3) is 0 Å². The fraction of sp³-hybridized carbons (Fsp3) is 0.478. The number of benzene rings is 1. The lowest BCUT2D eigenvalue weighted by Crippen LogP contribution is -2.49. The van der Waals surface area contributed by atoms with Crippen LogP contribution >= 0.6 is 11.6 Å². The first-order valence-corrected chi connectivity index (χ1v) is 10.8. The standard InChI is InChI=1S/C23H28ClN3O2/c1-16(2)14-26(23(29)17-9-10-17)15-21(28)27-13-12-25-11-5-8-20(25)22(27)18-6-3-4-7-19(18)24/h3-8,11,16-17,22H,9-10,12-15H2,1-2H3. The van der Waals surface area contributed by atoms with Gasteiger partial charge in [-0.15, -0.1) is 0 Å². The SMILES string of the molecule is CC(C)CN(CC(=O)N1CCn2cccc2C1c1ccccc1Cl)C(=O)C1CC1. The van der Waals surface area contributed by atoms with Crippen LogP contribution in [0.2, 0.25) is 5.02 Å². The van der Waals surface area contributed by atoms with E-state index in [0.717, 1.165) is 30.6 Å². The van der Waals surface area contributed by atoms with Crippen molar-refractivity contribution in [1.29, 1.82) is 0 Å². The molecular formula is C23H28ClN3O2. The molecule has 1 fully saturated rings. The Balaban J connectivity index is 1.62. The molecule has 1 aromatic carbocycles. The summed E-state index contributed by atoms with van der Waals surface area (Å²) in [6.07, 6.45) is 3.94. The number of carbonyl (C=O) groups is 2. The van der Waals surface area contributed by atoms with Crippen molar-refractivity contribution in [3.05, 3.63) is 58.9 Å². The second-order valence-corrected chi connectivity index (χ2v) is 8.93. The maximum Gasteiger partial charge on any atom is 0.243 e. The van der Waals surface area contributed by atoms with E-state index in [1.165, 1.54) is 0 Å². The first-order chi connectivity index (χ1) is 14.0. The summed E-state index contributed by atoms with van der Waals surface area (Å²) in [5.41, 5.74) is 1.98. The molecule has 1 aliphatic heterocycles. The van der Waals surface area contributed by atoms with Crippen molar-refractivity contribution in [2.75, 3.05) is 19.6 Å². The highest BCUT2D eigenvalue weighted by atomic mass is 35.5. The maximum atomic E-state index is 13.4. The third kappa shape index (κ3) is 4.20. The van der Waals surface area contributed by atoms with Crippen LogP contribution in [0.5, 0.6) is 0 Å². The summed E-state index contributed by atoms with van der Waals surface area (Å²) in [4.78, 5) is 29.9. The smallest absolute Gasteiger partial charge is 0.243 e. The quantitative estimate of drug-likeness (QED) is 0.719. The molecule has 1 saturated carbocycles. The maximum absolute atomic E-state index is 13.4. The number of hydrogen-bond donors (Lipinski definition) is 0. The minimum absolute atomic E-state index is 0.0166. The number of rotatable bonds is 6. The van der Waals surface area contributed by atoms with E-state index in [2.05, 4.69) is 24.5 Å². The van der Waals surface area contributed by atoms with Crippen molar-refractivity contribution >= 4 is 23.4 Å². The minimum atomic E-state index is -0.239. The summed E-state index contributed by atoms with van der Waals surface area (Å²) in [5.74, 6) is 0.543. The summed E-state index contributed by atoms with van der Waals surface area (Å²) in [5, 5.41) is 0.651. The van der Waals surface area contributed by atoms with Crippen LogP contribution in [-0.2, 0) is 16.1 Å². The second-order valence-electron chi connectivity index (χ2n) is 8.52. The van der Waals surface area contributed by atoms with Crippen LogP contribution < -0.4 is 0 Å². The van der Waals surface area contributed by atoms with E-state index in [0.29, 0.717) is 24.0 Å². The summed E-state index contributed by atoms with van der Waals surface area (Å²) in [7, 11) is 0. The van der Waals surface area contributed by atoms with Crippen LogP contribution in [-0.4, -0.2) is 45.8 Å². The highest BCUT2D eigenvalue weighted by molar-refractivity contribution is 6.31. The van der Waals surface area contributed by atoms with Gasteiger partial charge in [-0.1, -0.05) is 43.6 Å². The van der Waals surface area contributed by atoms with Crippen molar-refractivity contribution in [1.82, 2.24) is 14.4 Å². The van der Waals surface area contributed by atoms with E-state index in [1.54, 1.807) is 4.90 Å². The molecule has 0 saturated heterocycles. The van der Waals surface area contributed by atoms with Gasteiger partial charge in [0.15, 0.2) is 0 Å². The minimum Gasteiger partial charge on any atom is -0.348 e. The molecule has 1 atom stereocenters. The Morgan fingerprint density at radius 3 is 2.59 bits per heavy atom. The third-order valence-electron chi connectivity index (χ3n) is 5.71. The molecule has 154 valence electrons. The van der Waals surface area contributed by atoms with Gasteiger partial charge < -0.3 is 14.4 Å². The normalized spacial score (nSPS) is 18.6. The van der Waals surface area contributed by atoms with Crippen LogP contribution in [0.25, 0.3) is 0 Å². The van der Waals surface area contributed by atoms with Gasteiger partial charge in [0.05, 0.1) is 12.6 Å². The van der Waals surface area contributed by atoms with Crippen LogP contribution in [0.1, 0.15) is 44.0 Å². The molecule has 29 heavy (non-hydrogen) atoms. The van der Waals surface area contributed by atoms with Crippen molar-refractivity contribution < 1.29 is 9.59 Å². The van der Waals surface area contributed by atoms with E-state index in [4.69, 9.17) is 11.6 Å². The highest BCUT2D eigenvalue weighted by Gasteiger charge is 2.37. The number of fused-ring (bicyclic) bond motifs is 1. The average molecular weight is 414 g/mol. The van der Waals surface area contributed by atoms with Gasteiger partial charge >= 0.3 is 0 Å². The zero-order valence-corrected chi connectivity index (χ0v) is 17.8. The Morgan fingerprint density at radius 2 is 1.90 bits per heavy atom. The summed E-state index contributed by atoms with van der Waals surface area (Å²) < 4.78 is 2.18. The van der Waals surface area contributed by atoms with E-state index >= 15 is 0 Å². The first-order valence-electron chi connectivity index (χ1n) is 10.4. The van der Waals surface area contributed by atoms with Gasteiger partial charge in [-0.25, -0.2) is 0 Å². The lowest BCUT2D eigenvalue weighted by atomic mass is 9.99. The number of carbonyl (C=O) groups excluding carboxylic acids is 2. The van der Waals surface area contributed by atoms with Crippen molar-refractivity contribution in [3.63, 3.8) is 0 Å². The molecule has 0 bridgehead atoms. The summed E-state index contributed by atoms with van der Waals surface area (Å²) >= 11 is 6.52. The highest BCUT2D eigenvalue weighted by Crippen LogP contribution is 2.36. The van der Waals surface area contributed by atoms with Crippen LogP contribution in [0.3, 0.4) is 0 Å². The molecule has 2 heterocycles. The summed E-state index contributed by atoms with van der Waals surface area (Å²) in [6, 6.07) is 11.5. The van der Waals surface area contributed by atoms with Gasteiger partial charge in [0.2, 0.25) is 11.8 Å². The van der Waals surface area contributed by atoms with E-state index in [9.17, 15) is 9.59 Å². The predicted octanol–water partition coefficient (Wildman–Crippen LogP) is 3.97.